The maximum Gasteiger partial charge on any atom is 0.257 e. The summed E-state index contributed by atoms with van der Waals surface area (Å²) in [7, 11) is 0. The molecular weight excluding hydrogens is 334 g/mol. The number of nitrogens with one attached hydrogen (secondary N) is 2. The van der Waals surface area contributed by atoms with E-state index < -0.39 is 29.1 Å². The predicted octanol–water partition coefficient (Wildman–Crippen LogP) is 2.13. The Morgan fingerprint density at radius 2 is 1.95 bits per heavy atom. The number of benzene rings is 1. The van der Waals surface area contributed by atoms with Gasteiger partial charge in [-0.2, -0.15) is 0 Å². The van der Waals surface area contributed by atoms with E-state index in [0.717, 1.165) is 25.0 Å². The van der Waals surface area contributed by atoms with Crippen LogP contribution < -0.4 is 10.6 Å². The topological polar surface area (TPSA) is 58.2 Å². The minimum atomic E-state index is -0.969. The van der Waals surface area contributed by atoms with Crippen molar-refractivity contribution in [3.05, 3.63) is 33.8 Å². The normalized spacial score (nSPS) is 19.1. The molecule has 2 amide bonds. The van der Waals surface area contributed by atoms with Gasteiger partial charge in [-0.25, -0.2) is 8.78 Å². The summed E-state index contributed by atoms with van der Waals surface area (Å²) in [5, 5.41) is 5.02. The molecule has 2 N–H and O–H groups in total. The van der Waals surface area contributed by atoms with Crippen LogP contribution in [0.3, 0.4) is 0 Å². The van der Waals surface area contributed by atoms with E-state index in [-0.39, 0.29) is 10.4 Å². The molecule has 0 bridgehead atoms. The van der Waals surface area contributed by atoms with Crippen molar-refractivity contribution in [2.75, 3.05) is 6.54 Å². The van der Waals surface area contributed by atoms with E-state index in [1.54, 1.807) is 0 Å². The van der Waals surface area contributed by atoms with Crippen LogP contribution in [0.25, 0.3) is 0 Å². The fourth-order valence-electron chi connectivity index (χ4n) is 2.07. The summed E-state index contributed by atoms with van der Waals surface area (Å²) >= 11 is 2.94. The molecule has 1 aliphatic heterocycles. The van der Waals surface area contributed by atoms with Gasteiger partial charge < -0.3 is 10.6 Å². The van der Waals surface area contributed by atoms with Crippen molar-refractivity contribution < 1.29 is 18.4 Å². The van der Waals surface area contributed by atoms with Crippen LogP contribution in [0, 0.1) is 11.6 Å². The first-order chi connectivity index (χ1) is 9.49. The van der Waals surface area contributed by atoms with Gasteiger partial charge in [0.05, 0.1) is 0 Å². The van der Waals surface area contributed by atoms with E-state index in [1.807, 2.05) is 0 Å². The number of hydrogen-bond donors (Lipinski definition) is 2. The lowest BCUT2D eigenvalue weighted by Crippen LogP contribution is -2.45. The van der Waals surface area contributed by atoms with Gasteiger partial charge in [0.15, 0.2) is 0 Å². The van der Waals surface area contributed by atoms with Crippen molar-refractivity contribution in [3.63, 3.8) is 0 Å². The zero-order chi connectivity index (χ0) is 14.7. The SMILES string of the molecule is O=C(NC1CCCCNC1=O)c1c(F)cc(Br)cc1F. The summed E-state index contributed by atoms with van der Waals surface area (Å²) in [6.07, 6.45) is 2.03. The first kappa shape index (κ1) is 14.9. The third-order valence-corrected chi connectivity index (χ3v) is 3.53. The molecule has 0 aliphatic carbocycles. The molecule has 20 heavy (non-hydrogen) atoms. The smallest absolute Gasteiger partial charge is 0.257 e. The third kappa shape index (κ3) is 3.33. The zero-order valence-electron chi connectivity index (χ0n) is 10.5. The van der Waals surface area contributed by atoms with E-state index in [2.05, 4.69) is 26.6 Å². The van der Waals surface area contributed by atoms with Gasteiger partial charge in [-0.3, -0.25) is 9.59 Å². The molecule has 0 radical (unpaired) electrons. The van der Waals surface area contributed by atoms with E-state index in [0.29, 0.717) is 13.0 Å². The summed E-state index contributed by atoms with van der Waals surface area (Å²) in [6, 6.07) is 1.25. The van der Waals surface area contributed by atoms with Crippen LogP contribution in [0.1, 0.15) is 29.6 Å². The van der Waals surface area contributed by atoms with Gasteiger partial charge in [-0.05, 0) is 31.4 Å². The third-order valence-electron chi connectivity index (χ3n) is 3.07. The van der Waals surface area contributed by atoms with Crippen LogP contribution in [0.4, 0.5) is 8.78 Å². The quantitative estimate of drug-likeness (QED) is 0.861. The molecule has 4 nitrogen and oxygen atoms in total. The lowest BCUT2D eigenvalue weighted by molar-refractivity contribution is -0.122. The van der Waals surface area contributed by atoms with E-state index >= 15 is 0 Å². The van der Waals surface area contributed by atoms with Crippen molar-refractivity contribution >= 4 is 27.7 Å². The fraction of sp³-hybridized carbons (Fsp3) is 0.385. The highest BCUT2D eigenvalue weighted by Gasteiger charge is 2.26. The maximum absolute atomic E-state index is 13.7. The van der Waals surface area contributed by atoms with Gasteiger partial charge in [0.1, 0.15) is 23.2 Å². The van der Waals surface area contributed by atoms with Crippen molar-refractivity contribution in [1.82, 2.24) is 10.6 Å². The molecule has 1 aromatic rings. The average Bonchev–Trinajstić information content (AvgIpc) is 2.53. The van der Waals surface area contributed by atoms with Gasteiger partial charge >= 0.3 is 0 Å². The van der Waals surface area contributed by atoms with Crippen LogP contribution in [-0.2, 0) is 4.79 Å². The van der Waals surface area contributed by atoms with Gasteiger partial charge in [0.2, 0.25) is 5.91 Å². The minimum Gasteiger partial charge on any atom is -0.354 e. The van der Waals surface area contributed by atoms with Crippen LogP contribution in [0.2, 0.25) is 0 Å². The first-order valence-corrected chi connectivity index (χ1v) is 7.01. The molecule has 0 spiro atoms. The van der Waals surface area contributed by atoms with Gasteiger partial charge in [-0.15, -0.1) is 0 Å². The summed E-state index contributed by atoms with van der Waals surface area (Å²) in [5.41, 5.74) is -0.676. The number of carbonyl (C=O) groups is 2. The Kier molecular flexibility index (Phi) is 4.69. The molecule has 1 saturated heterocycles. The van der Waals surface area contributed by atoms with Gasteiger partial charge in [0, 0.05) is 11.0 Å². The standard InChI is InChI=1S/C13H13BrF2N2O2/c14-7-5-8(15)11(9(16)6-7)13(20)18-10-3-1-2-4-17-12(10)19/h5-6,10H,1-4H2,(H,17,19)(H,18,20). The monoisotopic (exact) mass is 346 g/mol. The van der Waals surface area contributed by atoms with Crippen LogP contribution in [-0.4, -0.2) is 24.4 Å². The highest BCUT2D eigenvalue weighted by molar-refractivity contribution is 9.10. The largest absolute Gasteiger partial charge is 0.354 e. The predicted molar refractivity (Wildman–Crippen MR) is 72.2 cm³/mol. The molecule has 2 rings (SSSR count). The second-order valence-electron chi connectivity index (χ2n) is 4.56. The van der Waals surface area contributed by atoms with Crippen LogP contribution >= 0.6 is 15.9 Å². The number of hydrogen-bond acceptors (Lipinski definition) is 2. The van der Waals surface area contributed by atoms with E-state index in [4.69, 9.17) is 0 Å². The summed E-state index contributed by atoms with van der Waals surface area (Å²) in [4.78, 5) is 23.6. The number of amides is 2. The van der Waals surface area contributed by atoms with Crippen molar-refractivity contribution in [2.24, 2.45) is 0 Å². The number of rotatable bonds is 2. The average molecular weight is 347 g/mol. The lowest BCUT2D eigenvalue weighted by Gasteiger charge is -2.15. The number of halogens is 3. The molecule has 7 heteroatoms. The molecule has 0 saturated carbocycles. The Labute approximate surface area is 123 Å². The number of carbonyl (C=O) groups excluding carboxylic acids is 2. The second-order valence-corrected chi connectivity index (χ2v) is 5.47. The Morgan fingerprint density at radius 3 is 2.60 bits per heavy atom. The molecule has 1 heterocycles. The van der Waals surface area contributed by atoms with E-state index in [1.165, 1.54) is 0 Å². The Balaban J connectivity index is 2.17. The zero-order valence-corrected chi connectivity index (χ0v) is 12.1. The highest BCUT2D eigenvalue weighted by Crippen LogP contribution is 2.19. The first-order valence-electron chi connectivity index (χ1n) is 6.22. The highest BCUT2D eigenvalue weighted by atomic mass is 79.9. The molecule has 1 aliphatic rings. The molecule has 1 unspecified atom stereocenters. The molecule has 1 fully saturated rings. The Morgan fingerprint density at radius 1 is 1.30 bits per heavy atom. The van der Waals surface area contributed by atoms with Crippen molar-refractivity contribution in [2.45, 2.75) is 25.3 Å². The Bertz CT molecular complexity index is 528. The van der Waals surface area contributed by atoms with E-state index in [9.17, 15) is 18.4 Å². The summed E-state index contributed by atoms with van der Waals surface area (Å²) < 4.78 is 27.5. The second kappa shape index (κ2) is 6.30. The van der Waals surface area contributed by atoms with Crippen LogP contribution in [0.5, 0.6) is 0 Å². The molecule has 108 valence electrons. The molecule has 0 aromatic heterocycles. The molecule has 1 atom stereocenters. The molecular formula is C13H13BrF2N2O2. The Hall–Kier alpha value is -1.50. The summed E-state index contributed by atoms with van der Waals surface area (Å²) in [5.74, 6) is -3.19. The maximum atomic E-state index is 13.7. The van der Waals surface area contributed by atoms with Crippen LogP contribution in [0.15, 0.2) is 16.6 Å². The summed E-state index contributed by atoms with van der Waals surface area (Å²) in [6.45, 7) is 0.548. The molecule has 1 aromatic carbocycles. The fourth-order valence-corrected chi connectivity index (χ4v) is 2.47. The minimum absolute atomic E-state index is 0.205. The lowest BCUT2D eigenvalue weighted by atomic mass is 10.1. The van der Waals surface area contributed by atoms with Crippen molar-refractivity contribution in [3.8, 4) is 0 Å². The van der Waals surface area contributed by atoms with Gasteiger partial charge in [0.25, 0.3) is 5.91 Å². The van der Waals surface area contributed by atoms with Crippen molar-refractivity contribution in [1.29, 1.82) is 0 Å². The van der Waals surface area contributed by atoms with Gasteiger partial charge in [-0.1, -0.05) is 15.9 Å².